The monoisotopic (exact) mass is 201 g/mol. The van der Waals surface area contributed by atoms with Crippen LogP contribution in [0.4, 0.5) is 0 Å². The van der Waals surface area contributed by atoms with E-state index in [1.54, 1.807) is 12.1 Å². The number of pyridine rings is 1. The first-order valence-corrected chi connectivity index (χ1v) is 3.99. The molecule has 0 bridgehead atoms. The summed E-state index contributed by atoms with van der Waals surface area (Å²) in [5.74, 6) is -1.26. The lowest BCUT2D eigenvalue weighted by molar-refractivity contribution is -0.146. The molecule has 1 unspecified atom stereocenters. The summed E-state index contributed by atoms with van der Waals surface area (Å²) in [5.41, 5.74) is 0.527. The molecule has 0 aliphatic rings. The standard InChI is InChI=1S/C8H8ClNO3/c9-7-5(2-1-3-10-7)4-6(11)8(12)13/h1-3,6,11H,4H2,(H,12,13). The summed E-state index contributed by atoms with van der Waals surface area (Å²) < 4.78 is 0. The van der Waals surface area contributed by atoms with Crippen molar-refractivity contribution in [1.82, 2.24) is 4.98 Å². The van der Waals surface area contributed by atoms with Gasteiger partial charge >= 0.3 is 5.97 Å². The fraction of sp³-hybridized carbons (Fsp3) is 0.250. The van der Waals surface area contributed by atoms with Crippen molar-refractivity contribution in [3.8, 4) is 0 Å². The van der Waals surface area contributed by atoms with Gasteiger partial charge in [0.15, 0.2) is 6.10 Å². The smallest absolute Gasteiger partial charge is 0.332 e. The number of carbonyl (C=O) groups is 1. The van der Waals surface area contributed by atoms with E-state index in [-0.39, 0.29) is 11.6 Å². The molecule has 0 aliphatic heterocycles. The molecule has 1 rings (SSSR count). The van der Waals surface area contributed by atoms with Gasteiger partial charge in [-0.3, -0.25) is 0 Å². The van der Waals surface area contributed by atoms with Gasteiger partial charge in [0.2, 0.25) is 0 Å². The van der Waals surface area contributed by atoms with Crippen LogP contribution in [0.15, 0.2) is 18.3 Å². The van der Waals surface area contributed by atoms with E-state index in [0.717, 1.165) is 0 Å². The van der Waals surface area contributed by atoms with Crippen molar-refractivity contribution >= 4 is 17.6 Å². The number of halogens is 1. The van der Waals surface area contributed by atoms with Crippen molar-refractivity contribution in [2.24, 2.45) is 0 Å². The minimum atomic E-state index is -1.43. The van der Waals surface area contributed by atoms with E-state index in [1.165, 1.54) is 6.20 Å². The summed E-state index contributed by atoms with van der Waals surface area (Å²) in [4.78, 5) is 14.1. The maximum absolute atomic E-state index is 10.3. The lowest BCUT2D eigenvalue weighted by atomic mass is 10.1. The zero-order chi connectivity index (χ0) is 9.84. The number of carboxylic acid groups (broad SMARTS) is 1. The molecule has 70 valence electrons. The number of nitrogens with zero attached hydrogens (tertiary/aromatic N) is 1. The van der Waals surface area contributed by atoms with Gasteiger partial charge in [-0.05, 0) is 11.6 Å². The van der Waals surface area contributed by atoms with Crippen LogP contribution in [0.2, 0.25) is 5.15 Å². The van der Waals surface area contributed by atoms with Gasteiger partial charge in [-0.25, -0.2) is 9.78 Å². The molecule has 1 aromatic heterocycles. The second-order valence-corrected chi connectivity index (χ2v) is 2.87. The van der Waals surface area contributed by atoms with E-state index in [1.807, 2.05) is 0 Å². The fourth-order valence-corrected chi connectivity index (χ4v) is 1.06. The Labute approximate surface area is 79.8 Å². The van der Waals surface area contributed by atoms with E-state index in [9.17, 15) is 4.79 Å². The van der Waals surface area contributed by atoms with Gasteiger partial charge in [0.1, 0.15) is 5.15 Å². The molecule has 13 heavy (non-hydrogen) atoms. The average molecular weight is 202 g/mol. The maximum atomic E-state index is 10.3. The first-order valence-electron chi connectivity index (χ1n) is 3.61. The van der Waals surface area contributed by atoms with Crippen molar-refractivity contribution in [2.75, 3.05) is 0 Å². The van der Waals surface area contributed by atoms with Crippen molar-refractivity contribution in [1.29, 1.82) is 0 Å². The fourth-order valence-electron chi connectivity index (χ4n) is 0.867. The minimum Gasteiger partial charge on any atom is -0.479 e. The predicted molar refractivity (Wildman–Crippen MR) is 46.6 cm³/mol. The predicted octanol–water partition coefficient (Wildman–Crippen LogP) is 0.723. The third-order valence-electron chi connectivity index (χ3n) is 1.53. The molecule has 0 aliphatic carbocycles. The van der Waals surface area contributed by atoms with Crippen molar-refractivity contribution in [2.45, 2.75) is 12.5 Å². The highest BCUT2D eigenvalue weighted by Gasteiger charge is 2.15. The Morgan fingerprint density at radius 1 is 1.69 bits per heavy atom. The molecule has 0 amide bonds. The van der Waals surface area contributed by atoms with Gasteiger partial charge < -0.3 is 10.2 Å². The Balaban J connectivity index is 2.74. The summed E-state index contributed by atoms with van der Waals surface area (Å²) in [5, 5.41) is 17.7. The molecule has 0 radical (unpaired) electrons. The molecule has 4 nitrogen and oxygen atoms in total. The van der Waals surface area contributed by atoms with Crippen LogP contribution >= 0.6 is 11.6 Å². The van der Waals surface area contributed by atoms with Gasteiger partial charge in [0, 0.05) is 12.6 Å². The number of aliphatic carboxylic acids is 1. The van der Waals surface area contributed by atoms with Gasteiger partial charge in [-0.2, -0.15) is 0 Å². The van der Waals surface area contributed by atoms with E-state index in [0.29, 0.717) is 5.56 Å². The Morgan fingerprint density at radius 2 is 2.38 bits per heavy atom. The zero-order valence-electron chi connectivity index (χ0n) is 6.64. The van der Waals surface area contributed by atoms with Crippen LogP contribution in [0.5, 0.6) is 0 Å². The highest BCUT2D eigenvalue weighted by atomic mass is 35.5. The van der Waals surface area contributed by atoms with Gasteiger partial charge in [0.25, 0.3) is 0 Å². The molecule has 5 heteroatoms. The van der Waals surface area contributed by atoms with Gasteiger partial charge in [-0.1, -0.05) is 17.7 Å². The van der Waals surface area contributed by atoms with Crippen LogP contribution in [0, 0.1) is 0 Å². The van der Waals surface area contributed by atoms with Gasteiger partial charge in [0.05, 0.1) is 0 Å². The number of hydrogen-bond donors (Lipinski definition) is 2. The van der Waals surface area contributed by atoms with Crippen LogP contribution in [0.3, 0.4) is 0 Å². The van der Waals surface area contributed by atoms with E-state index >= 15 is 0 Å². The molecule has 0 saturated heterocycles. The Kier molecular flexibility index (Phi) is 3.22. The minimum absolute atomic E-state index is 0.0258. The molecular formula is C8H8ClNO3. The third-order valence-corrected chi connectivity index (χ3v) is 1.87. The molecule has 1 atom stereocenters. The molecular weight excluding hydrogens is 194 g/mol. The SMILES string of the molecule is O=C(O)C(O)Cc1cccnc1Cl. The van der Waals surface area contributed by atoms with E-state index in [2.05, 4.69) is 4.98 Å². The average Bonchev–Trinajstić information content (AvgIpc) is 2.08. The summed E-state index contributed by atoms with van der Waals surface area (Å²) in [7, 11) is 0. The molecule has 0 spiro atoms. The largest absolute Gasteiger partial charge is 0.479 e. The second kappa shape index (κ2) is 4.20. The molecule has 1 heterocycles. The van der Waals surface area contributed by atoms with E-state index in [4.69, 9.17) is 21.8 Å². The second-order valence-electron chi connectivity index (χ2n) is 2.51. The van der Waals surface area contributed by atoms with Crippen LogP contribution in [0.25, 0.3) is 0 Å². The molecule has 0 fully saturated rings. The summed E-state index contributed by atoms with van der Waals surface area (Å²) in [6.45, 7) is 0. The summed E-state index contributed by atoms with van der Waals surface area (Å²) >= 11 is 5.66. The first-order chi connectivity index (χ1) is 6.11. The number of aliphatic hydroxyl groups excluding tert-OH is 1. The molecule has 1 aromatic rings. The number of rotatable bonds is 3. The van der Waals surface area contributed by atoms with Crippen LogP contribution in [-0.4, -0.2) is 27.3 Å². The third kappa shape index (κ3) is 2.68. The first kappa shape index (κ1) is 9.95. The highest BCUT2D eigenvalue weighted by Crippen LogP contribution is 2.13. The number of aliphatic hydroxyl groups is 1. The van der Waals surface area contributed by atoms with Crippen molar-refractivity contribution in [3.63, 3.8) is 0 Å². The number of carboxylic acids is 1. The molecule has 0 aromatic carbocycles. The zero-order valence-corrected chi connectivity index (χ0v) is 7.40. The van der Waals surface area contributed by atoms with Gasteiger partial charge in [-0.15, -0.1) is 0 Å². The van der Waals surface area contributed by atoms with Crippen molar-refractivity contribution in [3.05, 3.63) is 29.0 Å². The molecule has 2 N–H and O–H groups in total. The lowest BCUT2D eigenvalue weighted by Gasteiger charge is -2.05. The summed E-state index contributed by atoms with van der Waals surface area (Å²) in [6.07, 6.45) is 0.0442. The Bertz CT molecular complexity index is 316. The highest BCUT2D eigenvalue weighted by molar-refractivity contribution is 6.30. The quantitative estimate of drug-likeness (QED) is 0.708. The topological polar surface area (TPSA) is 70.4 Å². The summed E-state index contributed by atoms with van der Waals surface area (Å²) in [6, 6.07) is 3.26. The van der Waals surface area contributed by atoms with Crippen LogP contribution in [0.1, 0.15) is 5.56 Å². The van der Waals surface area contributed by atoms with E-state index < -0.39 is 12.1 Å². The normalized spacial score (nSPS) is 12.5. The van der Waals surface area contributed by atoms with Crippen molar-refractivity contribution < 1.29 is 15.0 Å². The Morgan fingerprint density at radius 3 is 2.92 bits per heavy atom. The molecule has 0 saturated carbocycles. The lowest BCUT2D eigenvalue weighted by Crippen LogP contribution is -2.22. The maximum Gasteiger partial charge on any atom is 0.332 e. The Hall–Kier alpha value is -1.13. The number of hydrogen-bond acceptors (Lipinski definition) is 3. The number of aromatic nitrogens is 1. The van der Waals surface area contributed by atoms with Crippen LogP contribution < -0.4 is 0 Å². The van der Waals surface area contributed by atoms with Crippen LogP contribution in [-0.2, 0) is 11.2 Å².